The van der Waals surface area contributed by atoms with Crippen molar-refractivity contribution in [2.24, 2.45) is 5.92 Å². The van der Waals surface area contributed by atoms with Gasteiger partial charge in [-0.3, -0.25) is 4.79 Å². The molecular formula is C21H21N3O3. The Kier molecular flexibility index (Phi) is 4.73. The van der Waals surface area contributed by atoms with Gasteiger partial charge in [0.25, 0.3) is 5.89 Å². The molecule has 2 N–H and O–H groups in total. The van der Waals surface area contributed by atoms with Crippen LogP contribution in [0, 0.1) is 12.8 Å². The van der Waals surface area contributed by atoms with Gasteiger partial charge in [-0.2, -0.15) is 4.98 Å². The van der Waals surface area contributed by atoms with Gasteiger partial charge in [0.15, 0.2) is 0 Å². The average molecular weight is 363 g/mol. The number of aromatic nitrogens is 2. The van der Waals surface area contributed by atoms with Gasteiger partial charge in [0, 0.05) is 23.7 Å². The van der Waals surface area contributed by atoms with Crippen LogP contribution in [0.4, 0.5) is 0 Å². The van der Waals surface area contributed by atoms with Crippen LogP contribution >= 0.6 is 0 Å². The van der Waals surface area contributed by atoms with Crippen LogP contribution in [0.1, 0.15) is 24.0 Å². The molecule has 0 spiro atoms. The lowest BCUT2D eigenvalue weighted by Crippen LogP contribution is -2.43. The number of carboxylic acids is 1. The average Bonchev–Trinajstić information content (AvgIpc) is 3.10. The summed E-state index contributed by atoms with van der Waals surface area (Å²) >= 11 is 0. The zero-order valence-electron chi connectivity index (χ0n) is 15.1. The van der Waals surface area contributed by atoms with Crippen LogP contribution in [0.2, 0.25) is 0 Å². The maximum absolute atomic E-state index is 10.9. The van der Waals surface area contributed by atoms with E-state index < -0.39 is 5.97 Å². The van der Waals surface area contributed by atoms with Crippen molar-refractivity contribution in [1.29, 1.82) is 0 Å². The second-order valence-electron chi connectivity index (χ2n) is 6.98. The molecule has 4 rings (SSSR count). The van der Waals surface area contributed by atoms with E-state index in [0.717, 1.165) is 22.3 Å². The largest absolute Gasteiger partial charge is 0.481 e. The normalized spacial score (nSPS) is 18.9. The highest BCUT2D eigenvalue weighted by atomic mass is 16.5. The maximum atomic E-state index is 10.9. The highest BCUT2D eigenvalue weighted by Gasteiger charge is 2.34. The molecule has 1 aliphatic rings. The van der Waals surface area contributed by atoms with Crippen LogP contribution in [0.15, 0.2) is 53.1 Å². The number of rotatable bonds is 6. The van der Waals surface area contributed by atoms with Crippen LogP contribution < -0.4 is 5.32 Å². The summed E-state index contributed by atoms with van der Waals surface area (Å²) in [6.45, 7) is 2.65. The summed E-state index contributed by atoms with van der Waals surface area (Å²) in [4.78, 5) is 15.5. The lowest BCUT2D eigenvalue weighted by atomic mass is 9.80. The number of aliphatic carboxylic acids is 1. The first-order chi connectivity index (χ1) is 13.1. The summed E-state index contributed by atoms with van der Waals surface area (Å²) in [6.07, 6.45) is 1.36. The predicted molar refractivity (Wildman–Crippen MR) is 101 cm³/mol. The fourth-order valence-corrected chi connectivity index (χ4v) is 3.39. The van der Waals surface area contributed by atoms with Gasteiger partial charge in [0.2, 0.25) is 5.82 Å². The summed E-state index contributed by atoms with van der Waals surface area (Å²) in [7, 11) is 0. The van der Waals surface area contributed by atoms with E-state index in [1.165, 1.54) is 0 Å². The van der Waals surface area contributed by atoms with Crippen LogP contribution in [0.25, 0.3) is 22.8 Å². The Bertz CT molecular complexity index is 961. The number of aryl methyl sites for hydroxylation is 1. The molecule has 0 bridgehead atoms. The number of carbonyl (C=O) groups is 1. The van der Waals surface area contributed by atoms with Gasteiger partial charge >= 0.3 is 5.97 Å². The topological polar surface area (TPSA) is 88.2 Å². The van der Waals surface area contributed by atoms with Crippen molar-refractivity contribution in [3.05, 3.63) is 59.7 Å². The van der Waals surface area contributed by atoms with Crippen molar-refractivity contribution in [1.82, 2.24) is 15.5 Å². The smallest absolute Gasteiger partial charge is 0.306 e. The molecule has 0 atom stereocenters. The molecule has 1 saturated carbocycles. The molecule has 6 nitrogen and oxygen atoms in total. The summed E-state index contributed by atoms with van der Waals surface area (Å²) in [6, 6.07) is 16.1. The van der Waals surface area contributed by atoms with Crippen molar-refractivity contribution < 1.29 is 14.4 Å². The van der Waals surface area contributed by atoms with E-state index in [4.69, 9.17) is 9.63 Å². The Labute approximate surface area is 157 Å². The first-order valence-electron chi connectivity index (χ1n) is 9.06. The van der Waals surface area contributed by atoms with Gasteiger partial charge in [-0.15, -0.1) is 0 Å². The van der Waals surface area contributed by atoms with Crippen molar-refractivity contribution >= 4 is 5.97 Å². The van der Waals surface area contributed by atoms with Crippen molar-refractivity contribution in [3.8, 4) is 22.8 Å². The molecule has 0 unspecified atom stereocenters. The minimum Gasteiger partial charge on any atom is -0.481 e. The van der Waals surface area contributed by atoms with Crippen LogP contribution in [0.5, 0.6) is 0 Å². The van der Waals surface area contributed by atoms with E-state index in [1.54, 1.807) is 0 Å². The molecule has 6 heteroatoms. The zero-order valence-corrected chi connectivity index (χ0v) is 15.1. The summed E-state index contributed by atoms with van der Waals surface area (Å²) in [5.74, 6) is 0.146. The third kappa shape index (κ3) is 3.61. The number of hydrogen-bond acceptors (Lipinski definition) is 5. The fourth-order valence-electron chi connectivity index (χ4n) is 3.39. The van der Waals surface area contributed by atoms with E-state index in [1.807, 2.05) is 55.5 Å². The van der Waals surface area contributed by atoms with E-state index >= 15 is 0 Å². The Balaban J connectivity index is 1.50. The second kappa shape index (κ2) is 7.32. The monoisotopic (exact) mass is 363 g/mol. The van der Waals surface area contributed by atoms with E-state index in [2.05, 4.69) is 15.5 Å². The van der Waals surface area contributed by atoms with E-state index in [0.29, 0.717) is 31.1 Å². The minimum atomic E-state index is -0.705. The Morgan fingerprint density at radius 2 is 1.85 bits per heavy atom. The molecule has 1 aromatic heterocycles. The van der Waals surface area contributed by atoms with Gasteiger partial charge in [0.1, 0.15) is 0 Å². The van der Waals surface area contributed by atoms with Gasteiger partial charge in [-0.05, 0) is 37.0 Å². The molecule has 1 fully saturated rings. The number of hydrogen-bond donors (Lipinski definition) is 2. The predicted octanol–water partition coefficient (Wildman–Crippen LogP) is 3.66. The highest BCUT2D eigenvalue weighted by Crippen LogP contribution is 2.29. The third-order valence-corrected chi connectivity index (χ3v) is 5.13. The first kappa shape index (κ1) is 17.4. The van der Waals surface area contributed by atoms with Gasteiger partial charge in [0.05, 0.1) is 5.92 Å². The second-order valence-corrected chi connectivity index (χ2v) is 6.98. The third-order valence-electron chi connectivity index (χ3n) is 5.13. The van der Waals surface area contributed by atoms with Crippen molar-refractivity contribution in [2.45, 2.75) is 32.4 Å². The standard InChI is InChI=1S/C21H21N3O3/c1-13-6-2-4-8-17(13)20-23-19(24-27-20)18-9-5-3-7-14(18)12-22-16-10-15(11-16)21(25)26/h2-9,15-16,22H,10-12H2,1H3,(H,25,26). The molecule has 0 amide bonds. The number of benzene rings is 2. The SMILES string of the molecule is Cc1ccccc1-c1nc(-c2ccccc2CNC2CC(C(=O)O)C2)no1. The lowest BCUT2D eigenvalue weighted by molar-refractivity contribution is -0.145. The van der Waals surface area contributed by atoms with Crippen molar-refractivity contribution in [3.63, 3.8) is 0 Å². The van der Waals surface area contributed by atoms with E-state index in [9.17, 15) is 4.79 Å². The molecule has 0 radical (unpaired) electrons. The molecule has 0 saturated heterocycles. The fraction of sp³-hybridized carbons (Fsp3) is 0.286. The maximum Gasteiger partial charge on any atom is 0.306 e. The molecular weight excluding hydrogens is 342 g/mol. The number of carboxylic acid groups (broad SMARTS) is 1. The molecule has 3 aromatic rings. The van der Waals surface area contributed by atoms with Crippen LogP contribution in [-0.4, -0.2) is 27.3 Å². The molecule has 1 heterocycles. The van der Waals surface area contributed by atoms with Crippen LogP contribution in [0.3, 0.4) is 0 Å². The van der Waals surface area contributed by atoms with Crippen molar-refractivity contribution in [2.75, 3.05) is 0 Å². The van der Waals surface area contributed by atoms with Crippen LogP contribution in [-0.2, 0) is 11.3 Å². The minimum absolute atomic E-state index is 0.216. The number of nitrogens with zero attached hydrogens (tertiary/aromatic N) is 2. The van der Waals surface area contributed by atoms with Gasteiger partial charge in [-0.25, -0.2) is 0 Å². The molecule has 1 aliphatic carbocycles. The summed E-state index contributed by atoms with van der Waals surface area (Å²) < 4.78 is 5.49. The molecule has 0 aliphatic heterocycles. The van der Waals surface area contributed by atoms with Gasteiger partial charge < -0.3 is 14.9 Å². The quantitative estimate of drug-likeness (QED) is 0.695. The molecule has 27 heavy (non-hydrogen) atoms. The first-order valence-corrected chi connectivity index (χ1v) is 9.06. The lowest BCUT2D eigenvalue weighted by Gasteiger charge is -2.33. The zero-order chi connectivity index (χ0) is 18.8. The van der Waals surface area contributed by atoms with E-state index in [-0.39, 0.29) is 12.0 Å². The Morgan fingerprint density at radius 1 is 1.15 bits per heavy atom. The summed E-state index contributed by atoms with van der Waals surface area (Å²) in [5, 5.41) is 16.6. The number of nitrogens with one attached hydrogen (secondary N) is 1. The highest BCUT2D eigenvalue weighted by molar-refractivity contribution is 5.71. The molecule has 138 valence electrons. The molecule has 2 aromatic carbocycles. The Morgan fingerprint density at radius 3 is 2.59 bits per heavy atom. The Hall–Kier alpha value is -2.99. The van der Waals surface area contributed by atoms with Gasteiger partial charge in [-0.1, -0.05) is 47.6 Å². The summed E-state index contributed by atoms with van der Waals surface area (Å²) in [5.41, 5.74) is 4.00.